The van der Waals surface area contributed by atoms with E-state index in [2.05, 4.69) is 41.2 Å². The third-order valence-electron chi connectivity index (χ3n) is 3.23. The highest BCUT2D eigenvalue weighted by Gasteiger charge is 2.07. The highest BCUT2D eigenvalue weighted by Crippen LogP contribution is 2.26. The molecule has 19 heavy (non-hydrogen) atoms. The number of aromatic nitrogens is 2. The summed E-state index contributed by atoms with van der Waals surface area (Å²) in [6.45, 7) is 8.08. The minimum absolute atomic E-state index is 0.0687. The van der Waals surface area contributed by atoms with Crippen LogP contribution < -0.4 is 5.73 Å². The Morgan fingerprint density at radius 3 is 2.00 bits per heavy atom. The van der Waals surface area contributed by atoms with Crippen molar-refractivity contribution in [3.05, 3.63) is 46.8 Å². The fourth-order valence-electron chi connectivity index (χ4n) is 1.73. The Kier molecular flexibility index (Phi) is 4.22. The Balaban J connectivity index is 2.21. The van der Waals surface area contributed by atoms with Crippen molar-refractivity contribution in [1.82, 2.24) is 9.97 Å². The number of hydrogen-bond donors (Lipinski definition) is 1. The Labute approximate surface area is 118 Å². The first-order valence-corrected chi connectivity index (χ1v) is 7.14. The van der Waals surface area contributed by atoms with Gasteiger partial charge in [0.1, 0.15) is 0 Å². The van der Waals surface area contributed by atoms with Crippen LogP contribution in [0.25, 0.3) is 0 Å². The fraction of sp³-hybridized carbons (Fsp3) is 0.333. The molecule has 0 saturated carbocycles. The highest BCUT2D eigenvalue weighted by atomic mass is 32.2. The Hall–Kier alpha value is -1.39. The predicted octanol–water partition coefficient (Wildman–Crippen LogP) is 3.57. The molecule has 4 heteroatoms. The number of nitrogens with two attached hydrogens (primary N) is 1. The molecule has 0 aliphatic heterocycles. The molecule has 1 atom stereocenters. The lowest BCUT2D eigenvalue weighted by molar-refractivity contribution is 0.816. The van der Waals surface area contributed by atoms with Gasteiger partial charge in [0.15, 0.2) is 5.16 Å². The van der Waals surface area contributed by atoms with Crippen LogP contribution in [0.5, 0.6) is 0 Å². The summed E-state index contributed by atoms with van der Waals surface area (Å²) in [5.74, 6) is 0. The van der Waals surface area contributed by atoms with E-state index >= 15 is 0 Å². The van der Waals surface area contributed by atoms with Gasteiger partial charge in [-0.25, -0.2) is 9.97 Å². The zero-order valence-corrected chi connectivity index (χ0v) is 12.6. The molecule has 0 amide bonds. The first kappa shape index (κ1) is 14.0. The summed E-state index contributed by atoms with van der Waals surface area (Å²) in [6.07, 6.45) is 0. The van der Waals surface area contributed by atoms with Crippen molar-refractivity contribution in [3.63, 3.8) is 0 Å². The maximum absolute atomic E-state index is 5.84. The third-order valence-corrected chi connectivity index (χ3v) is 4.10. The molecule has 1 heterocycles. The van der Waals surface area contributed by atoms with Gasteiger partial charge < -0.3 is 5.73 Å². The second-order valence-electron chi connectivity index (χ2n) is 4.76. The molecule has 3 nitrogen and oxygen atoms in total. The van der Waals surface area contributed by atoms with Crippen LogP contribution in [0.3, 0.4) is 0 Å². The largest absolute Gasteiger partial charge is 0.324 e. The van der Waals surface area contributed by atoms with Crippen molar-refractivity contribution in [2.45, 2.75) is 43.8 Å². The van der Waals surface area contributed by atoms with Crippen molar-refractivity contribution in [1.29, 1.82) is 0 Å². The van der Waals surface area contributed by atoms with Crippen LogP contribution in [0.1, 0.15) is 35.5 Å². The van der Waals surface area contributed by atoms with Crippen molar-refractivity contribution in [2.24, 2.45) is 5.73 Å². The summed E-state index contributed by atoms with van der Waals surface area (Å²) in [6, 6.07) is 8.31. The molecule has 0 radical (unpaired) electrons. The van der Waals surface area contributed by atoms with Crippen molar-refractivity contribution in [3.8, 4) is 0 Å². The first-order chi connectivity index (χ1) is 8.97. The van der Waals surface area contributed by atoms with Gasteiger partial charge in [0.2, 0.25) is 0 Å². The standard InChI is InChI=1S/C15H19N3S/c1-9-11(3)17-15(18-12(9)4)19-14-7-5-13(6-8-14)10(2)16/h5-8,10H,16H2,1-4H3/t10-/m1/s1. The highest BCUT2D eigenvalue weighted by molar-refractivity contribution is 7.99. The van der Waals surface area contributed by atoms with Crippen LogP contribution >= 0.6 is 11.8 Å². The third kappa shape index (κ3) is 3.33. The number of benzene rings is 1. The van der Waals surface area contributed by atoms with Crippen molar-refractivity contribution in [2.75, 3.05) is 0 Å². The lowest BCUT2D eigenvalue weighted by atomic mass is 10.1. The number of nitrogens with zero attached hydrogens (tertiary/aromatic N) is 2. The minimum atomic E-state index is 0.0687. The average molecular weight is 273 g/mol. The maximum Gasteiger partial charge on any atom is 0.192 e. The van der Waals surface area contributed by atoms with E-state index in [1.807, 2.05) is 20.8 Å². The summed E-state index contributed by atoms with van der Waals surface area (Å²) in [7, 11) is 0. The molecule has 1 aromatic carbocycles. The van der Waals surface area contributed by atoms with E-state index in [1.54, 1.807) is 11.8 Å². The molecule has 100 valence electrons. The van der Waals surface area contributed by atoms with Gasteiger partial charge in [-0.3, -0.25) is 0 Å². The first-order valence-electron chi connectivity index (χ1n) is 6.32. The van der Waals surface area contributed by atoms with Crippen LogP contribution in [0.15, 0.2) is 34.3 Å². The van der Waals surface area contributed by atoms with Gasteiger partial charge in [-0.15, -0.1) is 0 Å². The van der Waals surface area contributed by atoms with Crippen LogP contribution in [0, 0.1) is 20.8 Å². The molecule has 1 aromatic heterocycles. The van der Waals surface area contributed by atoms with Crippen molar-refractivity contribution < 1.29 is 0 Å². The molecule has 0 bridgehead atoms. The van der Waals surface area contributed by atoms with Gasteiger partial charge in [-0.1, -0.05) is 12.1 Å². The monoisotopic (exact) mass is 273 g/mol. The normalized spacial score (nSPS) is 12.5. The van der Waals surface area contributed by atoms with Gasteiger partial charge >= 0.3 is 0 Å². The molecule has 2 rings (SSSR count). The van der Waals surface area contributed by atoms with E-state index in [0.29, 0.717) is 0 Å². The Morgan fingerprint density at radius 1 is 1.00 bits per heavy atom. The van der Waals surface area contributed by atoms with Crippen LogP contribution in [-0.4, -0.2) is 9.97 Å². The van der Waals surface area contributed by atoms with Crippen LogP contribution in [0.4, 0.5) is 0 Å². The summed E-state index contributed by atoms with van der Waals surface area (Å²) < 4.78 is 0. The molecule has 2 aromatic rings. The Morgan fingerprint density at radius 2 is 1.53 bits per heavy atom. The summed E-state index contributed by atoms with van der Waals surface area (Å²) in [5.41, 5.74) is 10.2. The number of rotatable bonds is 3. The zero-order valence-electron chi connectivity index (χ0n) is 11.8. The molecule has 0 unspecified atom stereocenters. The van der Waals surface area contributed by atoms with E-state index < -0.39 is 0 Å². The van der Waals surface area contributed by atoms with E-state index in [1.165, 1.54) is 0 Å². The van der Waals surface area contributed by atoms with Gasteiger partial charge in [0, 0.05) is 22.3 Å². The molecule has 0 saturated heterocycles. The lowest BCUT2D eigenvalue weighted by Crippen LogP contribution is -2.04. The maximum atomic E-state index is 5.84. The summed E-state index contributed by atoms with van der Waals surface area (Å²) in [5, 5.41) is 0.800. The smallest absolute Gasteiger partial charge is 0.192 e. The van der Waals surface area contributed by atoms with Gasteiger partial charge in [0.25, 0.3) is 0 Å². The van der Waals surface area contributed by atoms with Crippen molar-refractivity contribution >= 4 is 11.8 Å². The summed E-state index contributed by atoms with van der Waals surface area (Å²) in [4.78, 5) is 10.2. The second-order valence-corrected chi connectivity index (χ2v) is 5.80. The molecule has 2 N–H and O–H groups in total. The quantitative estimate of drug-likeness (QED) is 0.869. The van der Waals surface area contributed by atoms with Crippen LogP contribution in [-0.2, 0) is 0 Å². The SMILES string of the molecule is Cc1nc(Sc2ccc([C@@H](C)N)cc2)nc(C)c1C. The predicted molar refractivity (Wildman–Crippen MR) is 79.4 cm³/mol. The zero-order chi connectivity index (χ0) is 14.0. The van der Waals surface area contributed by atoms with E-state index in [9.17, 15) is 0 Å². The van der Waals surface area contributed by atoms with E-state index in [0.717, 1.165) is 32.6 Å². The molecule has 0 aliphatic rings. The molecular weight excluding hydrogens is 254 g/mol. The topological polar surface area (TPSA) is 51.8 Å². The number of hydrogen-bond acceptors (Lipinski definition) is 4. The Bertz CT molecular complexity index is 553. The van der Waals surface area contributed by atoms with E-state index in [4.69, 9.17) is 5.73 Å². The number of aryl methyl sites for hydroxylation is 2. The van der Waals surface area contributed by atoms with E-state index in [-0.39, 0.29) is 6.04 Å². The average Bonchev–Trinajstić information content (AvgIpc) is 2.36. The second kappa shape index (κ2) is 5.72. The molecular formula is C15H19N3S. The van der Waals surface area contributed by atoms with Gasteiger partial charge in [-0.2, -0.15) is 0 Å². The minimum Gasteiger partial charge on any atom is -0.324 e. The van der Waals surface area contributed by atoms with Gasteiger partial charge in [-0.05, 0) is 62.7 Å². The van der Waals surface area contributed by atoms with Gasteiger partial charge in [0.05, 0.1) is 0 Å². The molecule has 0 spiro atoms. The summed E-state index contributed by atoms with van der Waals surface area (Å²) >= 11 is 1.58. The molecule has 0 aliphatic carbocycles. The lowest BCUT2D eigenvalue weighted by Gasteiger charge is -2.08. The fourth-order valence-corrected chi connectivity index (χ4v) is 2.58. The van der Waals surface area contributed by atoms with Crippen LogP contribution in [0.2, 0.25) is 0 Å². The molecule has 0 fully saturated rings.